The Morgan fingerprint density at radius 1 is 0.740 bits per heavy atom. The summed E-state index contributed by atoms with van der Waals surface area (Å²) in [5.74, 6) is -0.491. The van der Waals surface area contributed by atoms with Gasteiger partial charge in [0.05, 0.1) is 5.56 Å². The first-order valence-electron chi connectivity index (χ1n) is 17.5. The normalized spacial score (nSPS) is 14.5. The van der Waals surface area contributed by atoms with Gasteiger partial charge < -0.3 is 9.80 Å². The van der Waals surface area contributed by atoms with E-state index < -0.39 is 17.8 Å². The molecule has 0 saturated carbocycles. The maximum atomic E-state index is 14.5. The molecule has 262 valence electrons. The molecule has 0 spiro atoms. The molecule has 8 heteroatoms. The van der Waals surface area contributed by atoms with Gasteiger partial charge in [-0.2, -0.15) is 13.2 Å². The molecular weight excluding hydrogens is 635 g/mol. The van der Waals surface area contributed by atoms with Crippen LogP contribution in [0.1, 0.15) is 59.6 Å². The van der Waals surface area contributed by atoms with E-state index in [4.69, 9.17) is 0 Å². The monoisotopic (exact) mass is 681 g/mol. The number of amides is 2. The minimum atomic E-state index is -4.45. The second kappa shape index (κ2) is 17.8. The van der Waals surface area contributed by atoms with Gasteiger partial charge in [-0.15, -0.1) is 0 Å². The number of benzene rings is 4. The first-order chi connectivity index (χ1) is 24.2. The number of aryl methyl sites for hydroxylation is 1. The van der Waals surface area contributed by atoms with Crippen LogP contribution >= 0.6 is 0 Å². The lowest BCUT2D eigenvalue weighted by Gasteiger charge is -2.39. The van der Waals surface area contributed by atoms with E-state index >= 15 is 0 Å². The predicted octanol–water partition coefficient (Wildman–Crippen LogP) is 8.44. The number of halogens is 3. The standard InChI is InChI=1S/C42H46F3N3O2/c1-2-3-6-11-33-16-18-37(19-17-33)32-48(40(49)25-22-34-20-23-38(24-21-34)42(43,44)45)39(30-35-12-7-4-8-13-35)41(50)47-28-26-46(27-29-47)31-36-14-9-5-10-15-36/h4-5,7-10,12-25,39H,2-3,6,11,26-32H2,1H3/b25-22+/t39-/m0/s1. The summed E-state index contributed by atoms with van der Waals surface area (Å²) in [7, 11) is 0. The Kier molecular flexibility index (Phi) is 13.0. The molecule has 1 aliphatic rings. The third-order valence-electron chi connectivity index (χ3n) is 9.25. The summed E-state index contributed by atoms with van der Waals surface area (Å²) in [5, 5.41) is 0. The average molecular weight is 682 g/mol. The Bertz CT molecular complexity index is 1670. The summed E-state index contributed by atoms with van der Waals surface area (Å²) in [6.07, 6.45) is 3.17. The molecule has 5 nitrogen and oxygen atoms in total. The Hall–Kier alpha value is -4.69. The Labute approximate surface area is 294 Å². The van der Waals surface area contributed by atoms with Crippen molar-refractivity contribution in [3.05, 3.63) is 149 Å². The molecule has 0 N–H and O–H groups in total. The minimum absolute atomic E-state index is 0.110. The van der Waals surface area contributed by atoms with E-state index in [1.54, 1.807) is 4.90 Å². The van der Waals surface area contributed by atoms with Crippen LogP contribution in [-0.4, -0.2) is 58.7 Å². The topological polar surface area (TPSA) is 43.9 Å². The van der Waals surface area contributed by atoms with Gasteiger partial charge in [-0.05, 0) is 58.9 Å². The highest BCUT2D eigenvalue weighted by atomic mass is 19.4. The quantitative estimate of drug-likeness (QED) is 0.0992. The van der Waals surface area contributed by atoms with Gasteiger partial charge in [0.15, 0.2) is 0 Å². The number of hydrogen-bond acceptors (Lipinski definition) is 3. The zero-order chi connectivity index (χ0) is 35.3. The fourth-order valence-electron chi connectivity index (χ4n) is 6.32. The number of carbonyl (C=O) groups is 2. The summed E-state index contributed by atoms with van der Waals surface area (Å²) in [6.45, 7) is 5.74. The lowest BCUT2D eigenvalue weighted by molar-refractivity contribution is -0.145. The first-order valence-corrected chi connectivity index (χ1v) is 17.5. The Morgan fingerprint density at radius 3 is 1.94 bits per heavy atom. The number of rotatable bonds is 14. The van der Waals surface area contributed by atoms with Crippen molar-refractivity contribution in [1.82, 2.24) is 14.7 Å². The number of piperazine rings is 1. The van der Waals surface area contributed by atoms with Crippen LogP contribution in [0.2, 0.25) is 0 Å². The molecule has 1 atom stereocenters. The van der Waals surface area contributed by atoms with Crippen LogP contribution in [0.15, 0.2) is 115 Å². The molecule has 2 amide bonds. The van der Waals surface area contributed by atoms with E-state index in [1.807, 2.05) is 65.6 Å². The maximum Gasteiger partial charge on any atom is 0.416 e. The maximum absolute atomic E-state index is 14.5. The zero-order valence-electron chi connectivity index (χ0n) is 28.7. The second-order valence-corrected chi connectivity index (χ2v) is 13.0. The number of nitrogens with zero attached hydrogens (tertiary/aromatic N) is 3. The molecule has 1 heterocycles. The number of unbranched alkanes of at least 4 members (excludes halogenated alkanes) is 2. The van der Waals surface area contributed by atoms with E-state index in [0.717, 1.165) is 62.2 Å². The molecule has 50 heavy (non-hydrogen) atoms. The fourth-order valence-corrected chi connectivity index (χ4v) is 6.32. The van der Waals surface area contributed by atoms with Crippen LogP contribution in [0.25, 0.3) is 6.08 Å². The van der Waals surface area contributed by atoms with Crippen molar-refractivity contribution in [3.63, 3.8) is 0 Å². The van der Waals surface area contributed by atoms with Gasteiger partial charge in [-0.25, -0.2) is 0 Å². The number of hydrogen-bond donors (Lipinski definition) is 0. The highest BCUT2D eigenvalue weighted by Crippen LogP contribution is 2.29. The van der Waals surface area contributed by atoms with Crippen molar-refractivity contribution in [2.45, 2.75) is 64.3 Å². The highest BCUT2D eigenvalue weighted by Gasteiger charge is 2.34. The smallest absolute Gasteiger partial charge is 0.338 e. The van der Waals surface area contributed by atoms with Gasteiger partial charge in [0.25, 0.3) is 0 Å². The molecule has 5 rings (SSSR count). The van der Waals surface area contributed by atoms with Gasteiger partial charge in [-0.3, -0.25) is 14.5 Å². The van der Waals surface area contributed by atoms with Gasteiger partial charge >= 0.3 is 6.18 Å². The van der Waals surface area contributed by atoms with Gasteiger partial charge in [-0.1, -0.05) is 117 Å². The van der Waals surface area contributed by atoms with Crippen LogP contribution in [-0.2, 0) is 41.7 Å². The summed E-state index contributed by atoms with van der Waals surface area (Å²) in [6, 6.07) is 32.1. The third kappa shape index (κ3) is 10.7. The molecule has 4 aromatic rings. The van der Waals surface area contributed by atoms with Crippen molar-refractivity contribution < 1.29 is 22.8 Å². The molecule has 1 aliphatic heterocycles. The van der Waals surface area contributed by atoms with Gasteiger partial charge in [0.2, 0.25) is 11.8 Å². The lowest BCUT2D eigenvalue weighted by Crippen LogP contribution is -2.56. The number of alkyl halides is 3. The highest BCUT2D eigenvalue weighted by molar-refractivity contribution is 5.95. The van der Waals surface area contributed by atoms with Crippen LogP contribution in [0, 0.1) is 0 Å². The molecule has 1 saturated heterocycles. The van der Waals surface area contributed by atoms with Crippen molar-refractivity contribution in [2.24, 2.45) is 0 Å². The van der Waals surface area contributed by atoms with Crippen molar-refractivity contribution in [1.29, 1.82) is 0 Å². The molecular formula is C42H46F3N3O2. The van der Waals surface area contributed by atoms with Crippen LogP contribution in [0.5, 0.6) is 0 Å². The van der Waals surface area contributed by atoms with E-state index in [9.17, 15) is 22.8 Å². The van der Waals surface area contributed by atoms with E-state index in [-0.39, 0.29) is 18.4 Å². The third-order valence-corrected chi connectivity index (χ3v) is 9.25. The van der Waals surface area contributed by atoms with Gasteiger partial charge in [0, 0.05) is 51.8 Å². The van der Waals surface area contributed by atoms with Gasteiger partial charge in [0.1, 0.15) is 6.04 Å². The fraction of sp³-hybridized carbons (Fsp3) is 0.333. The molecule has 0 radical (unpaired) electrons. The van der Waals surface area contributed by atoms with E-state index in [1.165, 1.54) is 41.8 Å². The van der Waals surface area contributed by atoms with E-state index in [0.29, 0.717) is 25.1 Å². The summed E-state index contributed by atoms with van der Waals surface area (Å²) >= 11 is 0. The summed E-state index contributed by atoms with van der Waals surface area (Å²) in [5.41, 5.74) is 4.00. The molecule has 0 bridgehead atoms. The first kappa shape index (κ1) is 36.6. The van der Waals surface area contributed by atoms with Crippen molar-refractivity contribution >= 4 is 17.9 Å². The van der Waals surface area contributed by atoms with Crippen molar-refractivity contribution in [3.8, 4) is 0 Å². The molecule has 0 unspecified atom stereocenters. The second-order valence-electron chi connectivity index (χ2n) is 13.0. The Morgan fingerprint density at radius 2 is 1.34 bits per heavy atom. The van der Waals surface area contributed by atoms with E-state index in [2.05, 4.69) is 36.1 Å². The lowest BCUT2D eigenvalue weighted by atomic mass is 10.0. The molecule has 0 aliphatic carbocycles. The largest absolute Gasteiger partial charge is 0.416 e. The number of carbonyl (C=O) groups excluding carboxylic acids is 2. The zero-order valence-corrected chi connectivity index (χ0v) is 28.7. The molecule has 4 aromatic carbocycles. The summed E-state index contributed by atoms with van der Waals surface area (Å²) < 4.78 is 39.4. The molecule has 0 aromatic heterocycles. The predicted molar refractivity (Wildman–Crippen MR) is 193 cm³/mol. The van der Waals surface area contributed by atoms with Crippen LogP contribution < -0.4 is 0 Å². The SMILES string of the molecule is CCCCCc1ccc(CN(C(=O)/C=C/c2ccc(C(F)(F)F)cc2)[C@@H](Cc2ccccc2)C(=O)N2CCN(Cc3ccccc3)CC2)cc1. The summed E-state index contributed by atoms with van der Waals surface area (Å²) in [4.78, 5) is 34.5. The Balaban J connectivity index is 1.40. The van der Waals surface area contributed by atoms with Crippen LogP contribution in [0.3, 0.4) is 0 Å². The van der Waals surface area contributed by atoms with Crippen LogP contribution in [0.4, 0.5) is 13.2 Å². The average Bonchev–Trinajstić information content (AvgIpc) is 3.13. The molecule has 1 fully saturated rings. The minimum Gasteiger partial charge on any atom is -0.338 e. The van der Waals surface area contributed by atoms with Crippen molar-refractivity contribution in [2.75, 3.05) is 26.2 Å².